The van der Waals surface area contributed by atoms with Crippen LogP contribution in [0.5, 0.6) is 5.75 Å². The zero-order valence-electron chi connectivity index (χ0n) is 10.3. The summed E-state index contributed by atoms with van der Waals surface area (Å²) in [7, 11) is 1.70. The van der Waals surface area contributed by atoms with Gasteiger partial charge >= 0.3 is 6.03 Å². The molecule has 19 heavy (non-hydrogen) atoms. The zero-order valence-corrected chi connectivity index (χ0v) is 11.1. The Balaban J connectivity index is 2.04. The van der Waals surface area contributed by atoms with Gasteiger partial charge in [-0.2, -0.15) is 0 Å². The van der Waals surface area contributed by atoms with Gasteiger partial charge in [0.2, 0.25) is 0 Å². The van der Waals surface area contributed by atoms with Gasteiger partial charge in [0.15, 0.2) is 0 Å². The van der Waals surface area contributed by atoms with Crippen LogP contribution >= 0.6 is 11.9 Å². The number of rotatable bonds is 1. The minimum absolute atomic E-state index is 0.130. The molecule has 0 aromatic heterocycles. The van der Waals surface area contributed by atoms with Crippen LogP contribution in [0.2, 0.25) is 0 Å². The van der Waals surface area contributed by atoms with Crippen molar-refractivity contribution in [2.75, 3.05) is 16.3 Å². The normalized spacial score (nSPS) is 14.5. The van der Waals surface area contributed by atoms with Gasteiger partial charge in [0.1, 0.15) is 5.75 Å². The number of aromatic hydroxyl groups is 1. The third kappa shape index (κ3) is 2.02. The smallest absolute Gasteiger partial charge is 0.339 e. The van der Waals surface area contributed by atoms with E-state index < -0.39 is 0 Å². The standard InChI is InChI=1S/C14H12N2O2S/c1-15-12-9-11(17)7-8-13(12)19-16(14(15)18)10-5-3-2-4-6-10/h2-9,17H,1H3. The predicted molar refractivity (Wildman–Crippen MR) is 76.7 cm³/mol. The maximum absolute atomic E-state index is 12.3. The lowest BCUT2D eigenvalue weighted by Crippen LogP contribution is -2.40. The molecule has 1 aliphatic heterocycles. The highest BCUT2D eigenvalue weighted by molar-refractivity contribution is 8.01. The molecule has 0 unspecified atom stereocenters. The number of phenols is 1. The minimum Gasteiger partial charge on any atom is -0.508 e. The number of fused-ring (bicyclic) bond motifs is 1. The first kappa shape index (κ1) is 11.9. The Bertz CT molecular complexity index is 631. The second-order valence-corrected chi connectivity index (χ2v) is 5.20. The summed E-state index contributed by atoms with van der Waals surface area (Å²) in [5, 5.41) is 9.51. The second kappa shape index (κ2) is 4.51. The van der Waals surface area contributed by atoms with Crippen LogP contribution in [0.4, 0.5) is 16.2 Å². The van der Waals surface area contributed by atoms with Crippen molar-refractivity contribution < 1.29 is 9.90 Å². The fourth-order valence-corrected chi connectivity index (χ4v) is 2.99. The average Bonchev–Trinajstić information content (AvgIpc) is 2.44. The molecule has 2 aromatic rings. The van der Waals surface area contributed by atoms with E-state index in [2.05, 4.69) is 0 Å². The summed E-state index contributed by atoms with van der Waals surface area (Å²) in [6, 6.07) is 14.4. The van der Waals surface area contributed by atoms with Gasteiger partial charge in [0.05, 0.1) is 16.3 Å². The van der Waals surface area contributed by atoms with Gasteiger partial charge in [-0.05, 0) is 36.2 Å². The summed E-state index contributed by atoms with van der Waals surface area (Å²) in [6.45, 7) is 0. The Labute approximate surface area is 115 Å². The first-order chi connectivity index (χ1) is 9.16. The Morgan fingerprint density at radius 3 is 2.58 bits per heavy atom. The molecule has 0 fully saturated rings. The summed E-state index contributed by atoms with van der Waals surface area (Å²) in [6.07, 6.45) is 0. The number of para-hydroxylation sites is 1. The van der Waals surface area contributed by atoms with Gasteiger partial charge < -0.3 is 5.11 Å². The fraction of sp³-hybridized carbons (Fsp3) is 0.0714. The van der Waals surface area contributed by atoms with Crippen LogP contribution in [0.15, 0.2) is 53.4 Å². The van der Waals surface area contributed by atoms with Crippen molar-refractivity contribution in [1.29, 1.82) is 0 Å². The van der Waals surface area contributed by atoms with Crippen molar-refractivity contribution in [1.82, 2.24) is 0 Å². The van der Waals surface area contributed by atoms with E-state index in [0.29, 0.717) is 0 Å². The second-order valence-electron chi connectivity index (χ2n) is 4.21. The molecule has 96 valence electrons. The largest absolute Gasteiger partial charge is 0.508 e. The first-order valence-electron chi connectivity index (χ1n) is 5.80. The van der Waals surface area contributed by atoms with Crippen LogP contribution < -0.4 is 9.21 Å². The third-order valence-electron chi connectivity index (χ3n) is 2.94. The summed E-state index contributed by atoms with van der Waals surface area (Å²) in [5.41, 5.74) is 1.56. The molecule has 0 spiro atoms. The summed E-state index contributed by atoms with van der Waals surface area (Å²) in [5.74, 6) is 0.159. The van der Waals surface area contributed by atoms with Crippen LogP contribution in [0.25, 0.3) is 0 Å². The van der Waals surface area contributed by atoms with Crippen molar-refractivity contribution in [3.05, 3.63) is 48.5 Å². The van der Waals surface area contributed by atoms with Crippen molar-refractivity contribution in [3.63, 3.8) is 0 Å². The van der Waals surface area contributed by atoms with Crippen molar-refractivity contribution in [2.24, 2.45) is 0 Å². The van der Waals surface area contributed by atoms with Crippen LogP contribution in [0.3, 0.4) is 0 Å². The van der Waals surface area contributed by atoms with E-state index in [1.165, 1.54) is 11.9 Å². The number of carbonyl (C=O) groups is 1. The molecule has 0 saturated carbocycles. The lowest BCUT2D eigenvalue weighted by Gasteiger charge is -2.33. The lowest BCUT2D eigenvalue weighted by atomic mass is 10.2. The molecular weight excluding hydrogens is 260 g/mol. The Hall–Kier alpha value is -2.14. The molecule has 3 rings (SSSR count). The molecular formula is C14H12N2O2S. The fourth-order valence-electron chi connectivity index (χ4n) is 1.95. The van der Waals surface area contributed by atoms with Crippen molar-refractivity contribution >= 4 is 29.4 Å². The van der Waals surface area contributed by atoms with E-state index in [9.17, 15) is 9.90 Å². The summed E-state index contributed by atoms with van der Waals surface area (Å²) >= 11 is 1.36. The molecule has 2 aromatic carbocycles. The number of hydrogen-bond acceptors (Lipinski definition) is 3. The van der Waals surface area contributed by atoms with Crippen LogP contribution in [0, 0.1) is 0 Å². The van der Waals surface area contributed by atoms with Gasteiger partial charge in [-0.15, -0.1) is 0 Å². The summed E-state index contributed by atoms with van der Waals surface area (Å²) in [4.78, 5) is 14.8. The van der Waals surface area contributed by atoms with Crippen LogP contribution in [-0.4, -0.2) is 18.2 Å². The Kier molecular flexibility index (Phi) is 2.83. The van der Waals surface area contributed by atoms with E-state index in [-0.39, 0.29) is 11.8 Å². The Morgan fingerprint density at radius 2 is 1.84 bits per heavy atom. The molecule has 0 atom stereocenters. The topological polar surface area (TPSA) is 43.8 Å². The van der Waals surface area contributed by atoms with Crippen molar-refractivity contribution in [3.8, 4) is 5.75 Å². The lowest BCUT2D eigenvalue weighted by molar-refractivity contribution is 0.255. The van der Waals surface area contributed by atoms with Gasteiger partial charge in [-0.25, -0.2) is 9.10 Å². The molecule has 1 heterocycles. The maximum Gasteiger partial charge on any atom is 0.339 e. The number of phenolic OH excluding ortho intramolecular Hbond substituents is 1. The highest BCUT2D eigenvalue weighted by atomic mass is 32.2. The van der Waals surface area contributed by atoms with Gasteiger partial charge in [-0.1, -0.05) is 18.2 Å². The van der Waals surface area contributed by atoms with E-state index in [4.69, 9.17) is 0 Å². The SMILES string of the molecule is CN1C(=O)N(c2ccccc2)Sc2ccc(O)cc21. The molecule has 1 aliphatic rings. The number of nitrogens with zero attached hydrogens (tertiary/aromatic N) is 2. The van der Waals surface area contributed by atoms with E-state index in [0.717, 1.165) is 16.3 Å². The summed E-state index contributed by atoms with van der Waals surface area (Å²) < 4.78 is 1.64. The number of urea groups is 1. The predicted octanol–water partition coefficient (Wildman–Crippen LogP) is 3.48. The van der Waals surface area contributed by atoms with E-state index >= 15 is 0 Å². The quantitative estimate of drug-likeness (QED) is 0.808. The van der Waals surface area contributed by atoms with Crippen LogP contribution in [-0.2, 0) is 0 Å². The molecule has 4 nitrogen and oxygen atoms in total. The third-order valence-corrected chi connectivity index (χ3v) is 4.04. The molecule has 2 amide bonds. The maximum atomic E-state index is 12.3. The van der Waals surface area contributed by atoms with Crippen LogP contribution in [0.1, 0.15) is 0 Å². The van der Waals surface area contributed by atoms with Crippen molar-refractivity contribution in [2.45, 2.75) is 4.90 Å². The first-order valence-corrected chi connectivity index (χ1v) is 6.58. The van der Waals surface area contributed by atoms with E-state index in [1.807, 2.05) is 36.4 Å². The highest BCUT2D eigenvalue weighted by Crippen LogP contribution is 2.41. The average molecular weight is 272 g/mol. The number of amides is 2. The Morgan fingerprint density at radius 1 is 1.11 bits per heavy atom. The zero-order chi connectivity index (χ0) is 13.4. The molecule has 0 aliphatic carbocycles. The molecule has 0 bridgehead atoms. The molecule has 0 saturated heterocycles. The molecule has 1 N–H and O–H groups in total. The number of anilines is 2. The van der Waals surface area contributed by atoms with Gasteiger partial charge in [0.25, 0.3) is 0 Å². The monoisotopic (exact) mass is 272 g/mol. The molecule has 0 radical (unpaired) electrons. The number of benzene rings is 2. The molecule has 5 heteroatoms. The minimum atomic E-state index is -0.130. The number of hydrogen-bond donors (Lipinski definition) is 1. The van der Waals surface area contributed by atoms with E-state index in [1.54, 1.807) is 28.4 Å². The van der Waals surface area contributed by atoms with Gasteiger partial charge in [0, 0.05) is 13.1 Å². The highest BCUT2D eigenvalue weighted by Gasteiger charge is 2.30. The number of carbonyl (C=O) groups excluding carboxylic acids is 1. The van der Waals surface area contributed by atoms with Gasteiger partial charge in [-0.3, -0.25) is 4.90 Å².